The second-order valence-corrected chi connectivity index (χ2v) is 35.3. The molecule has 7 aliphatic rings. The normalized spacial score (nSPS) is 20.4. The number of alkyl halides is 1. The Morgan fingerprint density at radius 1 is 0.500 bits per heavy atom. The first-order valence-corrected chi connectivity index (χ1v) is 42.5. The third-order valence-corrected chi connectivity index (χ3v) is 24.9. The molecule has 128 heavy (non-hydrogen) atoms. The third kappa shape index (κ3) is 20.5. The minimum atomic E-state index is -0.695. The number of likely N-dealkylation sites (N-methyl/N-ethyl adjacent to an activating group) is 2. The van der Waals surface area contributed by atoms with E-state index in [2.05, 4.69) is 48.3 Å². The Morgan fingerprint density at radius 3 is 1.32 bits per heavy atom. The van der Waals surface area contributed by atoms with Crippen molar-refractivity contribution in [2.24, 2.45) is 0 Å². The lowest BCUT2D eigenvalue weighted by Crippen LogP contribution is -2.51. The summed E-state index contributed by atoms with van der Waals surface area (Å²) >= 11 is 8.64. The van der Waals surface area contributed by atoms with Crippen molar-refractivity contribution in [3.63, 3.8) is 0 Å². The zero-order chi connectivity index (χ0) is 92.4. The van der Waals surface area contributed by atoms with Gasteiger partial charge in [0.05, 0.1) is 122 Å². The Hall–Kier alpha value is -10.7. The van der Waals surface area contributed by atoms with E-state index in [4.69, 9.17) is 53.7 Å². The molecule has 5 saturated heterocycles. The van der Waals surface area contributed by atoms with Crippen LogP contribution < -0.4 is 32.0 Å². The molecule has 674 valence electrons. The van der Waals surface area contributed by atoms with E-state index in [-0.39, 0.29) is 97.3 Å². The summed E-state index contributed by atoms with van der Waals surface area (Å²) in [6.45, 7) is 32.9. The first-order valence-electron chi connectivity index (χ1n) is 41.2. The van der Waals surface area contributed by atoms with Crippen LogP contribution in [0.5, 0.6) is 11.5 Å². The number of H-pyrrole nitrogens is 1. The highest BCUT2D eigenvalue weighted by Crippen LogP contribution is 2.42. The predicted octanol–water partition coefficient (Wildman–Crippen LogP) is 13.0. The van der Waals surface area contributed by atoms with Crippen molar-refractivity contribution in [1.29, 1.82) is 0 Å². The average molecular weight is 1860 g/mol. The topological polar surface area (TPSA) is 270 Å². The smallest absolute Gasteiger partial charge is 0.501 e. The Labute approximate surface area is 748 Å². The number of benzene rings is 5. The van der Waals surface area contributed by atoms with Crippen molar-refractivity contribution in [2.75, 3.05) is 39.5 Å². The number of ether oxygens (including phenoxy) is 3. The van der Waals surface area contributed by atoms with Gasteiger partial charge in [0.2, 0.25) is 16.5 Å². The van der Waals surface area contributed by atoms with Crippen LogP contribution >= 0.6 is 27.5 Å². The molecule has 0 spiro atoms. The summed E-state index contributed by atoms with van der Waals surface area (Å²) in [4.78, 5) is 55.1. The molecule has 1 unspecified atom stereocenters. The van der Waals surface area contributed by atoms with E-state index in [0.29, 0.717) is 71.9 Å². The lowest BCUT2D eigenvalue weighted by molar-refractivity contribution is 0.00578. The number of halogens is 10. The largest absolute Gasteiger partial charge is 0.503 e. The third-order valence-electron chi connectivity index (χ3n) is 24.1. The van der Waals surface area contributed by atoms with Crippen LogP contribution in [0.3, 0.4) is 0 Å². The molecule has 0 radical (unpaired) electrons. The Kier molecular flexibility index (Phi) is 28.6. The van der Waals surface area contributed by atoms with Crippen LogP contribution in [0.1, 0.15) is 151 Å². The summed E-state index contributed by atoms with van der Waals surface area (Å²) in [5.74, 6) is -5.94. The van der Waals surface area contributed by atoms with Crippen LogP contribution in [-0.2, 0) is 69.5 Å². The molecule has 2 N–H and O–H groups in total. The maximum Gasteiger partial charge on any atom is 0.501 e. The maximum absolute atomic E-state index is 14.0. The number of hydrogen-bond donors (Lipinski definition) is 2. The van der Waals surface area contributed by atoms with Crippen LogP contribution in [0.25, 0.3) is 11.1 Å². The molecule has 7 aliphatic heterocycles. The van der Waals surface area contributed by atoms with Crippen LogP contribution in [0, 0.1) is 53.5 Å². The van der Waals surface area contributed by atoms with Crippen molar-refractivity contribution < 1.29 is 92.0 Å². The maximum atomic E-state index is 14.0. The molecule has 18 rings (SSSR count). The van der Waals surface area contributed by atoms with Crippen LogP contribution in [0.4, 0.5) is 35.1 Å². The number of pyridine rings is 2. The molecule has 5 aromatic carbocycles. The first kappa shape index (κ1) is 94.9. The van der Waals surface area contributed by atoms with Gasteiger partial charge in [-0.2, -0.15) is 20.4 Å². The zero-order valence-electron chi connectivity index (χ0n) is 72.6. The van der Waals surface area contributed by atoms with E-state index < -0.39 is 111 Å². The standard InChI is InChI=1S/C22H20F2N4O4.C19H19BrN2O4.2C16H19BF2N2O2.C9H14BN2O2.C7H5ClF2/c1-2-27-17-10-32-11-18(17)28-9-15(20(29)21(30)19(28)22(27)31)13-6-25-26(8-13)7-12-3-4-14(23)5-16(12)24;1-2-21-14-10-25-11-15(14)22-8-13(20)17(23)18(16(22)19(21)24)26-9-12-6-4-3-5-7-12;2*1-15(2)16(3,4)23-17(22-15)12-8-20-21(10-12)9-11-5-6-13(18)7-14(11)19;1-8(2)9(3,4)14-10(13-8)7-5-11-12-6-7;8-4-5-1-2-6(9)3-7(5)10/h3-6,8-9,17-18,30H,2,7,10-11H2,1H3;3-8,14-15H,2,9-11H2,1H3;2*5-8,10H,9H2,1-4H3;5-6H,1H2,2-4H3,(H,11,12);1-3H,4H2/q;;;;+1;/t17-,18+;14-,15+;;;;/m00..../s1. The van der Waals surface area contributed by atoms with Gasteiger partial charge in [-0.3, -0.25) is 38.3 Å². The zero-order valence-corrected chi connectivity index (χ0v) is 74.9. The lowest BCUT2D eigenvalue weighted by Gasteiger charge is -2.38. The predicted molar refractivity (Wildman–Crippen MR) is 466 cm³/mol. The number of rotatable bonds is 16. The van der Waals surface area contributed by atoms with Gasteiger partial charge in [0.25, 0.3) is 11.8 Å². The molecule has 0 saturated carbocycles. The number of nitrogens with one attached hydrogen (secondary N) is 1. The fourth-order valence-electron chi connectivity index (χ4n) is 14.9. The minimum absolute atomic E-state index is 0.0152. The molecule has 6 aromatic heterocycles. The molecule has 0 aliphatic carbocycles. The molecule has 11 aromatic rings. The number of aromatic nitrogens is 10. The van der Waals surface area contributed by atoms with Gasteiger partial charge in [-0.1, -0.05) is 54.6 Å². The first-order chi connectivity index (χ1) is 60.5. The van der Waals surface area contributed by atoms with E-state index in [0.717, 1.165) is 52.3 Å². The molecule has 5 atom stereocenters. The summed E-state index contributed by atoms with van der Waals surface area (Å²) in [5, 5.41) is 29.8. The molecular formula is C89H96B3BrClF8N12O14+. The Balaban J connectivity index is 0.000000135. The number of nitrogens with zero attached hydrogens (tertiary/aromatic N) is 11. The fourth-order valence-corrected chi connectivity index (χ4v) is 15.5. The van der Waals surface area contributed by atoms with Gasteiger partial charge < -0.3 is 66.2 Å². The molecule has 39 heteroatoms. The average Bonchev–Trinajstić information content (AvgIpc) is 1.26. The molecule has 0 bridgehead atoms. The van der Waals surface area contributed by atoms with Crippen molar-refractivity contribution in [2.45, 2.75) is 180 Å². The number of aromatic amines is 1. The summed E-state index contributed by atoms with van der Waals surface area (Å²) in [6.07, 6.45) is 16.5. The van der Waals surface area contributed by atoms with Gasteiger partial charge in [0.1, 0.15) is 58.7 Å². The number of carbonyl (C=O) groups is 2. The highest BCUT2D eigenvalue weighted by Gasteiger charge is 2.58. The molecule has 13 heterocycles. The van der Waals surface area contributed by atoms with Gasteiger partial charge in [-0.25, -0.2) is 35.1 Å². The molecule has 26 nitrogen and oxygen atoms in total. The SMILES string of the molecule is CC1(C)OB(c2cnn(Cc3ccc(F)cc3F)c2)OC1(C)C.CC1(C)OB(c2cnn(Cc3ccc(F)cc3F)c2)OC1(C)C.CCN1C(=O)c2c(O)c(=O)c(-c3cnn(Cc4ccc(F)cc4F)c3)cn2[C@@H]2COC[C@@H]21.CCN1C(=O)c2c(OCc3ccccc3)c(=O)c(Br)cn2[C@@H]2COC[C@@H]21.Fc1ccc(CCl)c(F)c1.[CH2+]C1(C)OB(c2cn[nH]c2)OC1(C)C. The van der Waals surface area contributed by atoms with Crippen LogP contribution in [0.15, 0.2) is 179 Å². The summed E-state index contributed by atoms with van der Waals surface area (Å²) in [5.41, 5.74) is 1.86. The van der Waals surface area contributed by atoms with Gasteiger partial charge >= 0.3 is 21.4 Å². The monoisotopic (exact) mass is 1860 g/mol. The van der Waals surface area contributed by atoms with E-state index in [9.17, 15) is 59.4 Å². The molecule has 2 amide bonds. The lowest BCUT2D eigenvalue weighted by atomic mass is 9.82. The van der Waals surface area contributed by atoms with E-state index >= 15 is 0 Å². The van der Waals surface area contributed by atoms with Gasteiger partial charge in [-0.05, 0) is 129 Å². The number of aromatic hydroxyl groups is 1. The van der Waals surface area contributed by atoms with Gasteiger partial charge in [-0.15, -0.1) is 11.6 Å². The number of hydrogen-bond acceptors (Lipinski definition) is 18. The summed E-state index contributed by atoms with van der Waals surface area (Å²) < 4.78 is 166. The number of amides is 2. The van der Waals surface area contributed by atoms with Crippen molar-refractivity contribution >= 4 is 77.1 Å². The second-order valence-electron chi connectivity index (χ2n) is 34.1. The fraction of sp³-hybridized carbons (Fsp3) is 0.382. The Morgan fingerprint density at radius 2 is 0.906 bits per heavy atom. The van der Waals surface area contributed by atoms with Gasteiger partial charge in [0.15, 0.2) is 22.9 Å². The number of fused-ring (bicyclic) bond motifs is 6. The van der Waals surface area contributed by atoms with E-state index in [1.165, 1.54) is 59.5 Å². The second kappa shape index (κ2) is 38.6. The van der Waals surface area contributed by atoms with E-state index in [1.54, 1.807) is 73.3 Å². The van der Waals surface area contributed by atoms with Crippen molar-refractivity contribution in [1.82, 2.24) is 58.5 Å². The highest BCUT2D eigenvalue weighted by atomic mass is 79.9. The van der Waals surface area contributed by atoms with Crippen molar-refractivity contribution in [3.05, 3.63) is 283 Å². The number of carbonyl (C=O) groups excluding carboxylic acids is 2. The van der Waals surface area contributed by atoms with Crippen molar-refractivity contribution in [3.8, 4) is 22.6 Å². The highest BCUT2D eigenvalue weighted by molar-refractivity contribution is 9.10. The van der Waals surface area contributed by atoms with Crippen LogP contribution in [0.2, 0.25) is 0 Å². The Bertz CT molecular complexity index is 5790. The van der Waals surface area contributed by atoms with Gasteiger partial charge in [0, 0.05) is 144 Å². The minimum Gasteiger partial charge on any atom is -0.503 e. The van der Waals surface area contributed by atoms with Crippen LogP contribution in [-0.4, -0.2) is 182 Å². The quantitative estimate of drug-likeness (QED) is 0.0394. The molecular weight excluding hydrogens is 1760 g/mol. The van der Waals surface area contributed by atoms with E-state index in [1.807, 2.05) is 125 Å². The summed E-state index contributed by atoms with van der Waals surface area (Å²) in [6, 6.07) is 22.8. The summed E-state index contributed by atoms with van der Waals surface area (Å²) in [7, 11) is -1.38. The molecule has 5 fully saturated rings.